The van der Waals surface area contributed by atoms with Gasteiger partial charge in [-0.25, -0.2) is 0 Å². The molecule has 4 unspecified atom stereocenters. The van der Waals surface area contributed by atoms with E-state index in [9.17, 15) is 4.79 Å². The van der Waals surface area contributed by atoms with E-state index in [1.165, 1.54) is 25.7 Å². The summed E-state index contributed by atoms with van der Waals surface area (Å²) in [5.74, 6) is 2.51. The van der Waals surface area contributed by atoms with Crippen molar-refractivity contribution in [2.45, 2.75) is 64.1 Å². The fourth-order valence-electron chi connectivity index (χ4n) is 3.59. The summed E-state index contributed by atoms with van der Waals surface area (Å²) >= 11 is 0. The largest absolute Gasteiger partial charge is 0.464 e. The maximum absolute atomic E-state index is 12.4. The summed E-state index contributed by atoms with van der Waals surface area (Å²) in [6.07, 6.45) is 6.10. The molecule has 2 aliphatic rings. The van der Waals surface area contributed by atoms with E-state index >= 15 is 0 Å². The normalized spacial score (nSPS) is 30.8. The van der Waals surface area contributed by atoms with Crippen molar-refractivity contribution in [2.75, 3.05) is 0 Å². The molecular weight excluding hydrogens is 252 g/mol. The first-order chi connectivity index (χ1) is 9.63. The number of hydrogen-bond acceptors (Lipinski definition) is 3. The molecule has 110 valence electrons. The maximum atomic E-state index is 12.4. The summed E-state index contributed by atoms with van der Waals surface area (Å²) in [4.78, 5) is 12.4. The van der Waals surface area contributed by atoms with Crippen molar-refractivity contribution < 1.29 is 9.21 Å². The Bertz CT molecular complexity index is 469. The van der Waals surface area contributed by atoms with Crippen LogP contribution in [0.15, 0.2) is 16.5 Å². The fraction of sp³-hybridized carbons (Fsp3) is 0.688. The third-order valence-corrected chi connectivity index (χ3v) is 4.73. The summed E-state index contributed by atoms with van der Waals surface area (Å²) in [7, 11) is 0. The van der Waals surface area contributed by atoms with E-state index in [-0.39, 0.29) is 18.0 Å². The molecular formula is C16H24N2O2. The van der Waals surface area contributed by atoms with Gasteiger partial charge < -0.3 is 15.1 Å². The molecule has 2 N–H and O–H groups in total. The molecule has 4 atom stereocenters. The smallest absolute Gasteiger partial charge is 0.237 e. The molecule has 2 fully saturated rings. The van der Waals surface area contributed by atoms with Crippen molar-refractivity contribution in [2.24, 2.45) is 5.92 Å². The van der Waals surface area contributed by atoms with Crippen molar-refractivity contribution in [3.8, 4) is 0 Å². The molecule has 1 aromatic heterocycles. The molecule has 1 aliphatic carbocycles. The zero-order chi connectivity index (χ0) is 14.1. The molecule has 1 aromatic rings. The van der Waals surface area contributed by atoms with E-state index in [4.69, 9.17) is 4.42 Å². The molecule has 1 amide bonds. The van der Waals surface area contributed by atoms with Crippen molar-refractivity contribution in [1.29, 1.82) is 0 Å². The Balaban J connectivity index is 1.57. The SMILES string of the molecule is Cc1ccc(C(C)NC(=O)C2CC3CCCCC3N2)o1. The predicted octanol–water partition coefficient (Wildman–Crippen LogP) is 2.69. The Morgan fingerprint density at radius 1 is 1.40 bits per heavy atom. The van der Waals surface area contributed by atoms with Gasteiger partial charge in [0, 0.05) is 6.04 Å². The number of fused-ring (bicyclic) bond motifs is 1. The highest BCUT2D eigenvalue weighted by molar-refractivity contribution is 5.82. The molecule has 1 saturated heterocycles. The molecule has 1 saturated carbocycles. The highest BCUT2D eigenvalue weighted by Crippen LogP contribution is 2.33. The van der Waals surface area contributed by atoms with Gasteiger partial charge in [-0.2, -0.15) is 0 Å². The molecule has 2 heterocycles. The van der Waals surface area contributed by atoms with Crippen LogP contribution >= 0.6 is 0 Å². The lowest BCUT2D eigenvalue weighted by molar-refractivity contribution is -0.123. The lowest BCUT2D eigenvalue weighted by Gasteiger charge is -2.24. The lowest BCUT2D eigenvalue weighted by Crippen LogP contribution is -2.43. The Morgan fingerprint density at radius 3 is 2.90 bits per heavy atom. The zero-order valence-corrected chi connectivity index (χ0v) is 12.3. The second-order valence-electron chi connectivity index (χ2n) is 6.28. The second kappa shape index (κ2) is 5.60. The number of nitrogens with one attached hydrogen (secondary N) is 2. The van der Waals surface area contributed by atoms with Gasteiger partial charge in [-0.15, -0.1) is 0 Å². The van der Waals surface area contributed by atoms with E-state index in [1.807, 2.05) is 26.0 Å². The first-order valence-corrected chi connectivity index (χ1v) is 7.76. The van der Waals surface area contributed by atoms with Gasteiger partial charge in [-0.05, 0) is 51.2 Å². The third-order valence-electron chi connectivity index (χ3n) is 4.73. The highest BCUT2D eigenvalue weighted by Gasteiger charge is 2.38. The van der Waals surface area contributed by atoms with E-state index in [0.29, 0.717) is 12.0 Å². The van der Waals surface area contributed by atoms with Gasteiger partial charge in [-0.1, -0.05) is 12.8 Å². The minimum absolute atomic E-state index is 0.0263. The van der Waals surface area contributed by atoms with Crippen molar-refractivity contribution in [3.05, 3.63) is 23.7 Å². The predicted molar refractivity (Wildman–Crippen MR) is 77.3 cm³/mol. The number of aryl methyl sites for hydroxylation is 1. The van der Waals surface area contributed by atoms with Crippen LogP contribution in [-0.2, 0) is 4.79 Å². The van der Waals surface area contributed by atoms with E-state index in [1.54, 1.807) is 0 Å². The van der Waals surface area contributed by atoms with Crippen LogP contribution in [0.1, 0.15) is 56.6 Å². The monoisotopic (exact) mass is 276 g/mol. The van der Waals surface area contributed by atoms with Crippen LogP contribution < -0.4 is 10.6 Å². The highest BCUT2D eigenvalue weighted by atomic mass is 16.3. The molecule has 4 heteroatoms. The number of amides is 1. The minimum Gasteiger partial charge on any atom is -0.464 e. The maximum Gasteiger partial charge on any atom is 0.237 e. The van der Waals surface area contributed by atoms with Gasteiger partial charge >= 0.3 is 0 Å². The summed E-state index contributed by atoms with van der Waals surface area (Å²) in [5.41, 5.74) is 0. The number of carbonyl (C=O) groups is 1. The number of rotatable bonds is 3. The van der Waals surface area contributed by atoms with Crippen LogP contribution in [0.3, 0.4) is 0 Å². The first kappa shape index (κ1) is 13.7. The Hall–Kier alpha value is -1.29. The number of carbonyl (C=O) groups excluding carboxylic acids is 1. The van der Waals surface area contributed by atoms with Gasteiger partial charge in [0.25, 0.3) is 0 Å². The zero-order valence-electron chi connectivity index (χ0n) is 12.3. The molecule has 0 spiro atoms. The van der Waals surface area contributed by atoms with Crippen LogP contribution in [0, 0.1) is 12.8 Å². The summed E-state index contributed by atoms with van der Waals surface area (Å²) < 4.78 is 5.57. The fourth-order valence-corrected chi connectivity index (χ4v) is 3.59. The molecule has 4 nitrogen and oxygen atoms in total. The van der Waals surface area contributed by atoms with Gasteiger partial charge in [0.1, 0.15) is 11.5 Å². The molecule has 0 aromatic carbocycles. The van der Waals surface area contributed by atoms with Gasteiger partial charge in [0.05, 0.1) is 12.1 Å². The van der Waals surface area contributed by atoms with Crippen LogP contribution in [0.5, 0.6) is 0 Å². The molecule has 20 heavy (non-hydrogen) atoms. The topological polar surface area (TPSA) is 54.3 Å². The van der Waals surface area contributed by atoms with Crippen LogP contribution in [0.25, 0.3) is 0 Å². The molecule has 3 rings (SSSR count). The molecule has 0 bridgehead atoms. The summed E-state index contributed by atoms with van der Waals surface area (Å²) in [6.45, 7) is 3.89. The lowest BCUT2D eigenvalue weighted by atomic mass is 9.85. The minimum atomic E-state index is -0.0689. The average molecular weight is 276 g/mol. The van der Waals surface area contributed by atoms with Crippen molar-refractivity contribution in [1.82, 2.24) is 10.6 Å². The van der Waals surface area contributed by atoms with E-state index in [0.717, 1.165) is 17.9 Å². The van der Waals surface area contributed by atoms with Crippen LogP contribution in [0.2, 0.25) is 0 Å². The van der Waals surface area contributed by atoms with E-state index < -0.39 is 0 Å². The number of furan rings is 1. The van der Waals surface area contributed by atoms with Crippen molar-refractivity contribution >= 4 is 5.91 Å². The second-order valence-corrected chi connectivity index (χ2v) is 6.28. The van der Waals surface area contributed by atoms with Gasteiger partial charge in [0.15, 0.2) is 0 Å². The van der Waals surface area contributed by atoms with Gasteiger partial charge in [0.2, 0.25) is 5.91 Å². The van der Waals surface area contributed by atoms with Crippen LogP contribution in [0.4, 0.5) is 0 Å². The average Bonchev–Trinajstić information content (AvgIpc) is 3.04. The molecule has 1 aliphatic heterocycles. The van der Waals surface area contributed by atoms with E-state index in [2.05, 4.69) is 10.6 Å². The molecule has 0 radical (unpaired) electrons. The quantitative estimate of drug-likeness (QED) is 0.892. The Labute approximate surface area is 120 Å². The summed E-state index contributed by atoms with van der Waals surface area (Å²) in [5, 5.41) is 6.58. The summed E-state index contributed by atoms with van der Waals surface area (Å²) in [6, 6.07) is 4.32. The Morgan fingerprint density at radius 2 is 2.20 bits per heavy atom. The standard InChI is InChI=1S/C16H24N2O2/c1-10-7-8-15(20-10)11(2)17-16(19)14-9-12-5-3-4-6-13(12)18-14/h7-8,11-14,18H,3-6,9H2,1-2H3,(H,17,19). The Kier molecular flexibility index (Phi) is 3.83. The van der Waals surface area contributed by atoms with Gasteiger partial charge in [-0.3, -0.25) is 4.79 Å². The number of hydrogen-bond donors (Lipinski definition) is 2. The first-order valence-electron chi connectivity index (χ1n) is 7.76. The van der Waals surface area contributed by atoms with Crippen molar-refractivity contribution in [3.63, 3.8) is 0 Å². The third kappa shape index (κ3) is 2.75. The van der Waals surface area contributed by atoms with Crippen LogP contribution in [-0.4, -0.2) is 18.0 Å².